The van der Waals surface area contributed by atoms with E-state index in [9.17, 15) is 13.2 Å². The molecule has 1 aromatic carbocycles. The van der Waals surface area contributed by atoms with Gasteiger partial charge in [0.15, 0.2) is 0 Å². The molecule has 2 nitrogen and oxygen atoms in total. The molecule has 0 aromatic heterocycles. The average Bonchev–Trinajstić information content (AvgIpc) is 2.17. The molecule has 0 bridgehead atoms. The van der Waals surface area contributed by atoms with Gasteiger partial charge < -0.3 is 4.84 Å². The van der Waals surface area contributed by atoms with Crippen molar-refractivity contribution in [3.05, 3.63) is 35.4 Å². The maximum atomic E-state index is 12.3. The molecule has 1 rings (SSSR count). The standard InChI is InChI=1S/C10H10F3NO/c1-7(14-15-2)8-4-3-5-9(6-8)10(11,12)13/h3-6H,1-2H3/b14-7-. The lowest BCUT2D eigenvalue weighted by atomic mass is 10.1. The molecule has 0 aliphatic rings. The number of benzene rings is 1. The van der Waals surface area contributed by atoms with Crippen LogP contribution in [0, 0.1) is 0 Å². The molecule has 0 spiro atoms. The molecule has 0 aliphatic carbocycles. The molecule has 15 heavy (non-hydrogen) atoms. The molecule has 0 atom stereocenters. The summed E-state index contributed by atoms with van der Waals surface area (Å²) in [5.74, 6) is 0. The summed E-state index contributed by atoms with van der Waals surface area (Å²) in [4.78, 5) is 4.49. The molecule has 0 aliphatic heterocycles. The van der Waals surface area contributed by atoms with Crippen molar-refractivity contribution in [3.8, 4) is 0 Å². The summed E-state index contributed by atoms with van der Waals surface area (Å²) in [5.41, 5.74) is 0.112. The third kappa shape index (κ3) is 2.97. The summed E-state index contributed by atoms with van der Waals surface area (Å²) in [5, 5.41) is 3.57. The van der Waals surface area contributed by atoms with E-state index in [1.165, 1.54) is 13.2 Å². The first-order valence-electron chi connectivity index (χ1n) is 4.20. The predicted molar refractivity (Wildman–Crippen MR) is 50.7 cm³/mol. The van der Waals surface area contributed by atoms with Crippen LogP contribution in [0.3, 0.4) is 0 Å². The van der Waals surface area contributed by atoms with Crippen molar-refractivity contribution in [3.63, 3.8) is 0 Å². The van der Waals surface area contributed by atoms with E-state index in [0.29, 0.717) is 11.3 Å². The molecule has 0 saturated carbocycles. The maximum absolute atomic E-state index is 12.3. The van der Waals surface area contributed by atoms with Crippen LogP contribution in [0.4, 0.5) is 13.2 Å². The first-order valence-corrected chi connectivity index (χ1v) is 4.20. The molecule has 0 unspecified atom stereocenters. The zero-order valence-corrected chi connectivity index (χ0v) is 8.30. The Morgan fingerprint density at radius 1 is 1.33 bits per heavy atom. The van der Waals surface area contributed by atoms with Crippen LogP contribution in [0.25, 0.3) is 0 Å². The van der Waals surface area contributed by atoms with Gasteiger partial charge in [-0.05, 0) is 24.6 Å². The molecular formula is C10H10F3NO. The van der Waals surface area contributed by atoms with Crippen LogP contribution in [-0.4, -0.2) is 12.8 Å². The summed E-state index contributed by atoms with van der Waals surface area (Å²) in [7, 11) is 1.34. The lowest BCUT2D eigenvalue weighted by Gasteiger charge is -2.07. The predicted octanol–water partition coefficient (Wildman–Crippen LogP) is 3.08. The summed E-state index contributed by atoms with van der Waals surface area (Å²) < 4.78 is 37.0. The van der Waals surface area contributed by atoms with Crippen molar-refractivity contribution in [1.29, 1.82) is 0 Å². The fraction of sp³-hybridized carbons (Fsp3) is 0.300. The number of alkyl halides is 3. The van der Waals surface area contributed by atoms with Gasteiger partial charge in [-0.1, -0.05) is 17.3 Å². The molecule has 82 valence electrons. The van der Waals surface area contributed by atoms with Gasteiger partial charge in [-0.25, -0.2) is 0 Å². The first kappa shape index (κ1) is 11.6. The minimum atomic E-state index is -4.33. The Labute approximate surface area is 85.4 Å². The lowest BCUT2D eigenvalue weighted by Crippen LogP contribution is -2.06. The highest BCUT2D eigenvalue weighted by Crippen LogP contribution is 2.29. The zero-order chi connectivity index (χ0) is 11.5. The van der Waals surface area contributed by atoms with Gasteiger partial charge in [-0.3, -0.25) is 0 Å². The summed E-state index contributed by atoms with van der Waals surface area (Å²) in [6, 6.07) is 4.95. The van der Waals surface area contributed by atoms with Crippen LogP contribution in [0.5, 0.6) is 0 Å². The van der Waals surface area contributed by atoms with Gasteiger partial charge in [0.25, 0.3) is 0 Å². The van der Waals surface area contributed by atoms with Crippen molar-refractivity contribution in [1.82, 2.24) is 0 Å². The van der Waals surface area contributed by atoms with E-state index in [1.54, 1.807) is 13.0 Å². The minimum absolute atomic E-state index is 0.395. The number of rotatable bonds is 2. The second-order valence-electron chi connectivity index (χ2n) is 2.94. The van der Waals surface area contributed by atoms with Gasteiger partial charge in [0.2, 0.25) is 0 Å². The van der Waals surface area contributed by atoms with Crippen molar-refractivity contribution in [2.45, 2.75) is 13.1 Å². The molecule has 0 N–H and O–H groups in total. The second-order valence-corrected chi connectivity index (χ2v) is 2.94. The quantitative estimate of drug-likeness (QED) is 0.551. The molecule has 1 aromatic rings. The maximum Gasteiger partial charge on any atom is 0.416 e. The Morgan fingerprint density at radius 2 is 2.00 bits per heavy atom. The summed E-state index contributed by atoms with van der Waals surface area (Å²) >= 11 is 0. The molecular weight excluding hydrogens is 207 g/mol. The van der Waals surface area contributed by atoms with E-state index in [1.807, 2.05) is 0 Å². The molecule has 0 heterocycles. The van der Waals surface area contributed by atoms with Crippen molar-refractivity contribution < 1.29 is 18.0 Å². The van der Waals surface area contributed by atoms with E-state index >= 15 is 0 Å². The van der Waals surface area contributed by atoms with Crippen molar-refractivity contribution in [2.75, 3.05) is 7.11 Å². The Hall–Kier alpha value is -1.52. The van der Waals surface area contributed by atoms with Gasteiger partial charge in [-0.2, -0.15) is 13.2 Å². The summed E-state index contributed by atoms with van der Waals surface area (Å²) in [6.45, 7) is 1.58. The smallest absolute Gasteiger partial charge is 0.399 e. The van der Waals surface area contributed by atoms with E-state index in [2.05, 4.69) is 9.99 Å². The topological polar surface area (TPSA) is 21.6 Å². The third-order valence-electron chi connectivity index (χ3n) is 1.84. The zero-order valence-electron chi connectivity index (χ0n) is 8.30. The molecule has 0 radical (unpaired) electrons. The van der Waals surface area contributed by atoms with Crippen LogP contribution >= 0.6 is 0 Å². The number of halogens is 3. The number of hydrogen-bond acceptors (Lipinski definition) is 2. The molecule has 0 saturated heterocycles. The van der Waals surface area contributed by atoms with Crippen molar-refractivity contribution >= 4 is 5.71 Å². The van der Waals surface area contributed by atoms with Gasteiger partial charge in [-0.15, -0.1) is 0 Å². The van der Waals surface area contributed by atoms with Crippen LogP contribution in [0.2, 0.25) is 0 Å². The molecule has 0 amide bonds. The van der Waals surface area contributed by atoms with Gasteiger partial charge >= 0.3 is 6.18 Å². The van der Waals surface area contributed by atoms with E-state index in [-0.39, 0.29) is 0 Å². The lowest BCUT2D eigenvalue weighted by molar-refractivity contribution is -0.137. The SMILES string of the molecule is CO/N=C(/C)c1cccc(C(F)(F)F)c1. The Morgan fingerprint density at radius 3 is 2.53 bits per heavy atom. The fourth-order valence-electron chi connectivity index (χ4n) is 1.11. The summed E-state index contributed by atoms with van der Waals surface area (Å²) in [6.07, 6.45) is -4.33. The van der Waals surface area contributed by atoms with E-state index in [4.69, 9.17) is 0 Å². The number of nitrogens with zero attached hydrogens (tertiary/aromatic N) is 1. The van der Waals surface area contributed by atoms with E-state index < -0.39 is 11.7 Å². The van der Waals surface area contributed by atoms with Crippen LogP contribution < -0.4 is 0 Å². The molecule has 5 heteroatoms. The highest BCUT2D eigenvalue weighted by molar-refractivity contribution is 5.98. The molecule has 0 fully saturated rings. The minimum Gasteiger partial charge on any atom is -0.399 e. The normalized spacial score (nSPS) is 12.7. The largest absolute Gasteiger partial charge is 0.416 e. The second kappa shape index (κ2) is 4.33. The van der Waals surface area contributed by atoms with Crippen LogP contribution in [-0.2, 0) is 11.0 Å². The van der Waals surface area contributed by atoms with Gasteiger partial charge in [0, 0.05) is 0 Å². The number of hydrogen-bond donors (Lipinski definition) is 0. The van der Waals surface area contributed by atoms with Gasteiger partial charge in [0.1, 0.15) is 7.11 Å². The first-order chi connectivity index (χ1) is 6.95. The highest BCUT2D eigenvalue weighted by Gasteiger charge is 2.30. The average molecular weight is 217 g/mol. The highest BCUT2D eigenvalue weighted by atomic mass is 19.4. The Bertz CT molecular complexity index is 371. The van der Waals surface area contributed by atoms with Gasteiger partial charge in [0.05, 0.1) is 11.3 Å². The number of oxime groups is 1. The van der Waals surface area contributed by atoms with Crippen LogP contribution in [0.1, 0.15) is 18.1 Å². The third-order valence-corrected chi connectivity index (χ3v) is 1.84. The fourth-order valence-corrected chi connectivity index (χ4v) is 1.11. The van der Waals surface area contributed by atoms with Crippen molar-refractivity contribution in [2.24, 2.45) is 5.16 Å². The Balaban J connectivity index is 3.08. The monoisotopic (exact) mass is 217 g/mol. The van der Waals surface area contributed by atoms with Crippen LogP contribution in [0.15, 0.2) is 29.4 Å². The Kier molecular flexibility index (Phi) is 3.34. The van der Waals surface area contributed by atoms with E-state index in [0.717, 1.165) is 12.1 Å².